The number of amides is 1. The summed E-state index contributed by atoms with van der Waals surface area (Å²) in [4.78, 5) is 16.1. The quantitative estimate of drug-likeness (QED) is 0.749. The molecule has 0 saturated carbocycles. The van der Waals surface area contributed by atoms with Crippen LogP contribution in [0.15, 0.2) is 11.1 Å². The van der Waals surface area contributed by atoms with Crippen LogP contribution in [0.2, 0.25) is 0 Å². The zero-order valence-electron chi connectivity index (χ0n) is 14.2. The van der Waals surface area contributed by atoms with E-state index in [1.807, 2.05) is 0 Å². The number of hydrogen-bond donors (Lipinski definition) is 0. The molecule has 1 fully saturated rings. The van der Waals surface area contributed by atoms with Gasteiger partial charge >= 0.3 is 0 Å². The van der Waals surface area contributed by atoms with Crippen LogP contribution in [0.4, 0.5) is 0 Å². The lowest BCUT2D eigenvalue weighted by Crippen LogP contribution is -2.50. The lowest BCUT2D eigenvalue weighted by atomic mass is 9.72. The van der Waals surface area contributed by atoms with Gasteiger partial charge in [-0.1, -0.05) is 25.0 Å². The molecule has 0 aromatic heterocycles. The molecule has 0 aromatic rings. The number of nitrogens with zero attached hydrogens (tertiary/aromatic N) is 2. The number of morpholine rings is 1. The lowest BCUT2D eigenvalue weighted by molar-refractivity contribution is -0.146. The lowest BCUT2D eigenvalue weighted by Gasteiger charge is -2.40. The third-order valence-electron chi connectivity index (χ3n) is 4.93. The number of likely N-dealkylation sites (N-methyl/N-ethyl adjacent to an activating group) is 1. The average Bonchev–Trinajstić information content (AvgIpc) is 2.42. The second-order valence-electron chi connectivity index (χ2n) is 7.32. The van der Waals surface area contributed by atoms with Gasteiger partial charge in [0.05, 0.1) is 6.61 Å². The zero-order valence-corrected chi connectivity index (χ0v) is 14.2. The molecule has 1 unspecified atom stereocenters. The van der Waals surface area contributed by atoms with E-state index in [0.29, 0.717) is 18.6 Å². The highest BCUT2D eigenvalue weighted by molar-refractivity contribution is 5.80. The van der Waals surface area contributed by atoms with Gasteiger partial charge in [-0.25, -0.2) is 0 Å². The summed E-state index contributed by atoms with van der Waals surface area (Å²) in [6.07, 6.45) is 3.49. The third kappa shape index (κ3) is 3.86. The molecular formula is C17H30N2O2. The predicted molar refractivity (Wildman–Crippen MR) is 85.2 cm³/mol. The molecule has 1 aliphatic heterocycles. The van der Waals surface area contributed by atoms with E-state index in [2.05, 4.69) is 25.7 Å². The summed E-state index contributed by atoms with van der Waals surface area (Å²) < 4.78 is 5.65. The van der Waals surface area contributed by atoms with E-state index in [9.17, 15) is 4.79 Å². The smallest absolute Gasteiger partial charge is 0.252 e. The number of carbonyl (C=O) groups is 1. The van der Waals surface area contributed by atoms with E-state index in [1.165, 1.54) is 19.3 Å². The SMILES string of the molecule is CC1=C(CN2CCOC(C(=O)N(C)C)C2)C(C)(C)CCC1. The molecule has 1 saturated heterocycles. The zero-order chi connectivity index (χ0) is 15.6. The molecule has 120 valence electrons. The molecule has 2 aliphatic rings. The molecule has 2 rings (SSSR count). The van der Waals surface area contributed by atoms with Gasteiger partial charge in [0, 0.05) is 33.7 Å². The molecule has 4 nitrogen and oxygen atoms in total. The summed E-state index contributed by atoms with van der Waals surface area (Å²) in [5.74, 6) is 0.0771. The van der Waals surface area contributed by atoms with Gasteiger partial charge in [0.15, 0.2) is 0 Å². The van der Waals surface area contributed by atoms with E-state index in [-0.39, 0.29) is 12.0 Å². The topological polar surface area (TPSA) is 32.8 Å². The molecule has 1 heterocycles. The second-order valence-corrected chi connectivity index (χ2v) is 7.32. The maximum absolute atomic E-state index is 12.1. The Kier molecular flexibility index (Phi) is 5.10. The minimum absolute atomic E-state index is 0.0771. The van der Waals surface area contributed by atoms with Gasteiger partial charge in [-0.05, 0) is 31.6 Å². The second kappa shape index (κ2) is 6.49. The Labute approximate surface area is 129 Å². The maximum atomic E-state index is 12.1. The first-order valence-electron chi connectivity index (χ1n) is 8.05. The van der Waals surface area contributed by atoms with Crippen molar-refractivity contribution in [2.24, 2.45) is 5.41 Å². The van der Waals surface area contributed by atoms with Crippen LogP contribution >= 0.6 is 0 Å². The number of ether oxygens (including phenoxy) is 1. The molecule has 0 bridgehead atoms. The Morgan fingerprint density at radius 3 is 2.76 bits per heavy atom. The summed E-state index contributed by atoms with van der Waals surface area (Å²) in [6, 6.07) is 0. The van der Waals surface area contributed by atoms with Crippen molar-refractivity contribution >= 4 is 5.91 Å². The molecular weight excluding hydrogens is 264 g/mol. The van der Waals surface area contributed by atoms with E-state index in [4.69, 9.17) is 4.74 Å². The van der Waals surface area contributed by atoms with Crippen molar-refractivity contribution in [2.75, 3.05) is 40.3 Å². The molecule has 21 heavy (non-hydrogen) atoms. The Morgan fingerprint density at radius 1 is 1.43 bits per heavy atom. The average molecular weight is 294 g/mol. The molecule has 1 aliphatic carbocycles. The molecule has 0 N–H and O–H groups in total. The van der Waals surface area contributed by atoms with Crippen molar-refractivity contribution in [1.82, 2.24) is 9.80 Å². The Hall–Kier alpha value is -0.870. The van der Waals surface area contributed by atoms with Crippen molar-refractivity contribution in [1.29, 1.82) is 0 Å². The third-order valence-corrected chi connectivity index (χ3v) is 4.93. The summed E-state index contributed by atoms with van der Waals surface area (Å²) >= 11 is 0. The normalized spacial score (nSPS) is 26.8. The first kappa shape index (κ1) is 16.5. The van der Waals surface area contributed by atoms with Gasteiger partial charge in [-0.3, -0.25) is 9.69 Å². The molecule has 4 heteroatoms. The first-order chi connectivity index (χ1) is 9.81. The molecule has 1 atom stereocenters. The minimum atomic E-state index is -0.304. The fourth-order valence-electron chi connectivity index (χ4n) is 3.53. The Bertz CT molecular complexity index is 427. The van der Waals surface area contributed by atoms with Gasteiger partial charge in [-0.2, -0.15) is 0 Å². The van der Waals surface area contributed by atoms with Gasteiger partial charge in [0.25, 0.3) is 5.91 Å². The van der Waals surface area contributed by atoms with E-state index >= 15 is 0 Å². The highest BCUT2D eigenvalue weighted by Crippen LogP contribution is 2.40. The fourth-order valence-corrected chi connectivity index (χ4v) is 3.53. The van der Waals surface area contributed by atoms with Crippen LogP contribution in [-0.4, -0.2) is 62.1 Å². The van der Waals surface area contributed by atoms with Crippen LogP contribution < -0.4 is 0 Å². The highest BCUT2D eigenvalue weighted by Gasteiger charge is 2.33. The van der Waals surface area contributed by atoms with Gasteiger partial charge in [0.2, 0.25) is 0 Å². The standard InChI is InChI=1S/C17H30N2O2/c1-13-7-6-8-17(2,3)14(13)11-19-9-10-21-15(12-19)16(20)18(4)5/h15H,6-12H2,1-5H3. The van der Waals surface area contributed by atoms with Gasteiger partial charge in [-0.15, -0.1) is 0 Å². The highest BCUT2D eigenvalue weighted by atomic mass is 16.5. The first-order valence-corrected chi connectivity index (χ1v) is 8.05. The molecule has 0 aromatic carbocycles. The maximum Gasteiger partial charge on any atom is 0.252 e. The van der Waals surface area contributed by atoms with Crippen molar-refractivity contribution in [3.05, 3.63) is 11.1 Å². The van der Waals surface area contributed by atoms with Crippen LogP contribution in [0.25, 0.3) is 0 Å². The van der Waals surface area contributed by atoms with Crippen molar-refractivity contribution in [2.45, 2.75) is 46.1 Å². The van der Waals surface area contributed by atoms with Crippen LogP contribution in [0.3, 0.4) is 0 Å². The Balaban J connectivity index is 2.04. The fraction of sp³-hybridized carbons (Fsp3) is 0.824. The number of carbonyl (C=O) groups excluding carboxylic acids is 1. The number of hydrogen-bond acceptors (Lipinski definition) is 3. The van der Waals surface area contributed by atoms with E-state index < -0.39 is 0 Å². The summed E-state index contributed by atoms with van der Waals surface area (Å²) in [6.45, 7) is 10.3. The van der Waals surface area contributed by atoms with Gasteiger partial charge in [0.1, 0.15) is 6.10 Å². The summed E-state index contributed by atoms with van der Waals surface area (Å²) in [5.41, 5.74) is 3.42. The molecule has 0 radical (unpaired) electrons. The van der Waals surface area contributed by atoms with Crippen LogP contribution in [-0.2, 0) is 9.53 Å². The summed E-state index contributed by atoms with van der Waals surface area (Å²) in [5, 5.41) is 0. The summed E-state index contributed by atoms with van der Waals surface area (Å²) in [7, 11) is 3.59. The van der Waals surface area contributed by atoms with Crippen molar-refractivity contribution in [3.63, 3.8) is 0 Å². The molecule has 0 spiro atoms. The monoisotopic (exact) mass is 294 g/mol. The van der Waals surface area contributed by atoms with E-state index in [0.717, 1.165) is 13.1 Å². The van der Waals surface area contributed by atoms with Crippen LogP contribution in [0, 0.1) is 5.41 Å². The van der Waals surface area contributed by atoms with Crippen LogP contribution in [0.1, 0.15) is 40.0 Å². The predicted octanol–water partition coefficient (Wildman–Crippen LogP) is 2.30. The van der Waals surface area contributed by atoms with Crippen molar-refractivity contribution in [3.8, 4) is 0 Å². The van der Waals surface area contributed by atoms with Gasteiger partial charge < -0.3 is 9.64 Å². The van der Waals surface area contributed by atoms with E-state index in [1.54, 1.807) is 30.1 Å². The largest absolute Gasteiger partial charge is 0.366 e. The number of allylic oxidation sites excluding steroid dienone is 1. The van der Waals surface area contributed by atoms with Crippen molar-refractivity contribution < 1.29 is 9.53 Å². The minimum Gasteiger partial charge on any atom is -0.366 e. The number of rotatable bonds is 3. The Morgan fingerprint density at radius 2 is 2.14 bits per heavy atom. The van der Waals surface area contributed by atoms with Crippen LogP contribution in [0.5, 0.6) is 0 Å². The molecule has 1 amide bonds.